The van der Waals surface area contributed by atoms with E-state index in [1.807, 2.05) is 18.2 Å². The Hall–Kier alpha value is -3.15. The molecule has 0 saturated heterocycles. The smallest absolute Gasteiger partial charge is 0.338 e. The van der Waals surface area contributed by atoms with E-state index in [-0.39, 0.29) is 19.0 Å². The summed E-state index contributed by atoms with van der Waals surface area (Å²) >= 11 is 8.33. The lowest BCUT2D eigenvalue weighted by Gasteiger charge is -2.24. The lowest BCUT2D eigenvalue weighted by atomic mass is 9.95. The van der Waals surface area contributed by atoms with Gasteiger partial charge in [-0.25, -0.2) is 9.79 Å². The molecular weight excluding hydrogens is 640 g/mol. The number of benzene rings is 2. The number of fused-ring (bicyclic) bond motifs is 2. The molecule has 2 aliphatic rings. The first-order chi connectivity index (χ1) is 18.3. The number of hydrogen-bond acceptors (Lipinski definition) is 8. The molecule has 8 nitrogen and oxygen atoms in total. The lowest BCUT2D eigenvalue weighted by molar-refractivity contribution is -0.139. The zero-order valence-corrected chi connectivity index (χ0v) is 24.4. The second-order valence-corrected chi connectivity index (χ2v) is 11.0. The molecule has 3 heterocycles. The van der Waals surface area contributed by atoms with Crippen LogP contribution < -0.4 is 29.1 Å². The maximum Gasteiger partial charge on any atom is 0.338 e. The van der Waals surface area contributed by atoms with Crippen molar-refractivity contribution in [2.45, 2.75) is 19.9 Å². The van der Waals surface area contributed by atoms with Crippen molar-refractivity contribution >= 4 is 55.2 Å². The van der Waals surface area contributed by atoms with Crippen molar-refractivity contribution in [2.75, 3.05) is 20.0 Å². The fourth-order valence-electron chi connectivity index (χ4n) is 4.28. The number of thiazole rings is 1. The molecule has 1 unspecified atom stereocenters. The number of halogens is 2. The lowest BCUT2D eigenvalue weighted by Crippen LogP contribution is -2.39. The second-order valence-electron chi connectivity index (χ2n) is 8.33. The minimum absolute atomic E-state index is 0.115. The van der Waals surface area contributed by atoms with E-state index >= 15 is 0 Å². The van der Waals surface area contributed by atoms with Crippen molar-refractivity contribution < 1.29 is 23.7 Å². The van der Waals surface area contributed by atoms with E-state index < -0.39 is 12.0 Å². The van der Waals surface area contributed by atoms with Crippen LogP contribution in [0.2, 0.25) is 0 Å². The average molecular weight is 662 g/mol. The Balaban J connectivity index is 1.66. The molecule has 1 aromatic heterocycles. The molecule has 2 aliphatic heterocycles. The van der Waals surface area contributed by atoms with Gasteiger partial charge >= 0.3 is 5.97 Å². The third kappa shape index (κ3) is 4.85. The predicted octanol–water partition coefficient (Wildman–Crippen LogP) is 4.62. The Morgan fingerprint density at radius 1 is 1.24 bits per heavy atom. The van der Waals surface area contributed by atoms with Gasteiger partial charge in [-0.15, -0.1) is 0 Å². The zero-order chi connectivity index (χ0) is 27.0. The highest BCUT2D eigenvalue weighted by Gasteiger charge is 2.34. The van der Waals surface area contributed by atoms with Gasteiger partial charge in [0.1, 0.15) is 12.4 Å². The fourth-order valence-corrected chi connectivity index (χ4v) is 6.78. The van der Waals surface area contributed by atoms with Gasteiger partial charge in [0.25, 0.3) is 5.56 Å². The highest BCUT2D eigenvalue weighted by molar-refractivity contribution is 9.11. The Morgan fingerprint density at radius 3 is 2.68 bits per heavy atom. The van der Waals surface area contributed by atoms with Crippen LogP contribution in [0.3, 0.4) is 0 Å². The Kier molecular flexibility index (Phi) is 7.60. The number of nitrogens with zero attached hydrogens (tertiary/aromatic N) is 2. The molecule has 0 fully saturated rings. The first-order valence-electron chi connectivity index (χ1n) is 11.6. The minimum atomic E-state index is -0.741. The largest absolute Gasteiger partial charge is 0.487 e. The molecule has 196 valence electrons. The standard InChI is InChI=1S/C27H22Br2N2O6S/c1-4-8-35-24-17(28)9-15(10-18(24)29)11-21-25(32)31-23(16-6-7-19-20(12-16)37-13-36-19)22(26(33)34-5-2)14(3)30-27(31)38-21/h4,6-7,9-12,23H,1,5,8,13H2,2-3H3/b21-11-. The van der Waals surface area contributed by atoms with Gasteiger partial charge in [-0.2, -0.15) is 0 Å². The van der Waals surface area contributed by atoms with E-state index in [0.717, 1.165) is 14.5 Å². The van der Waals surface area contributed by atoms with Crippen molar-refractivity contribution in [3.63, 3.8) is 0 Å². The van der Waals surface area contributed by atoms with Gasteiger partial charge in [-0.05, 0) is 87.2 Å². The van der Waals surface area contributed by atoms with Gasteiger partial charge in [0, 0.05) is 0 Å². The van der Waals surface area contributed by atoms with Gasteiger partial charge in [-0.1, -0.05) is 30.1 Å². The number of rotatable bonds is 7. The second kappa shape index (κ2) is 10.9. The third-order valence-corrected chi connectivity index (χ3v) is 8.05. The maximum atomic E-state index is 13.8. The van der Waals surface area contributed by atoms with Crippen LogP contribution in [0.25, 0.3) is 6.08 Å². The van der Waals surface area contributed by atoms with E-state index in [2.05, 4.69) is 43.4 Å². The Morgan fingerprint density at radius 2 is 1.97 bits per heavy atom. The molecule has 3 aromatic rings. The topological polar surface area (TPSA) is 88.3 Å². The van der Waals surface area contributed by atoms with Crippen molar-refractivity contribution in [1.82, 2.24) is 4.57 Å². The summed E-state index contributed by atoms with van der Waals surface area (Å²) in [6, 6.07) is 8.38. The normalized spacial score (nSPS) is 16.2. The quantitative estimate of drug-likeness (QED) is 0.271. The number of hydrogen-bond donors (Lipinski definition) is 0. The van der Waals surface area contributed by atoms with E-state index in [4.69, 9.17) is 18.9 Å². The molecule has 0 spiro atoms. The van der Waals surface area contributed by atoms with Crippen LogP contribution in [-0.2, 0) is 9.53 Å². The summed E-state index contributed by atoms with van der Waals surface area (Å²) in [7, 11) is 0. The zero-order valence-electron chi connectivity index (χ0n) is 20.5. The molecule has 2 aromatic carbocycles. The molecule has 0 amide bonds. The van der Waals surface area contributed by atoms with E-state index in [9.17, 15) is 9.59 Å². The van der Waals surface area contributed by atoms with Gasteiger partial charge in [0.15, 0.2) is 16.3 Å². The van der Waals surface area contributed by atoms with Crippen LogP contribution in [-0.4, -0.2) is 30.5 Å². The van der Waals surface area contributed by atoms with Crippen molar-refractivity contribution in [2.24, 2.45) is 4.99 Å². The predicted molar refractivity (Wildman–Crippen MR) is 150 cm³/mol. The van der Waals surface area contributed by atoms with E-state index in [1.165, 1.54) is 11.3 Å². The van der Waals surface area contributed by atoms with E-state index in [0.29, 0.717) is 50.0 Å². The van der Waals surface area contributed by atoms with Crippen LogP contribution in [0.1, 0.15) is 31.0 Å². The fraction of sp³-hybridized carbons (Fsp3) is 0.222. The molecule has 0 N–H and O–H groups in total. The monoisotopic (exact) mass is 660 g/mol. The maximum absolute atomic E-state index is 13.8. The summed E-state index contributed by atoms with van der Waals surface area (Å²) in [6.45, 7) is 7.83. The van der Waals surface area contributed by atoms with Gasteiger partial charge in [0.05, 0.1) is 37.4 Å². The third-order valence-electron chi connectivity index (χ3n) is 5.89. The van der Waals surface area contributed by atoms with E-state index in [1.54, 1.807) is 42.7 Å². The number of carbonyl (C=O) groups is 1. The number of carbonyl (C=O) groups excluding carboxylic acids is 1. The average Bonchev–Trinajstić information content (AvgIpc) is 3.46. The van der Waals surface area contributed by atoms with Gasteiger partial charge < -0.3 is 18.9 Å². The Bertz CT molecular complexity index is 1650. The molecule has 1 atom stereocenters. The molecular formula is C27H22Br2N2O6S. The summed E-state index contributed by atoms with van der Waals surface area (Å²) in [4.78, 5) is 32.0. The summed E-state index contributed by atoms with van der Waals surface area (Å²) in [5.74, 6) is 1.28. The molecule has 38 heavy (non-hydrogen) atoms. The summed E-state index contributed by atoms with van der Waals surface area (Å²) in [5.41, 5.74) is 1.99. The van der Waals surface area contributed by atoms with Crippen molar-refractivity contribution in [3.8, 4) is 17.2 Å². The molecule has 0 bridgehead atoms. The number of esters is 1. The number of allylic oxidation sites excluding steroid dienone is 1. The first kappa shape index (κ1) is 26.5. The van der Waals surface area contributed by atoms with Crippen molar-refractivity contribution in [1.29, 1.82) is 0 Å². The van der Waals surface area contributed by atoms with Crippen LogP contribution in [0.15, 0.2) is 73.0 Å². The summed E-state index contributed by atoms with van der Waals surface area (Å²) in [5, 5.41) is 0. The Labute approximate surface area is 238 Å². The van der Waals surface area contributed by atoms with Gasteiger partial charge in [0.2, 0.25) is 6.79 Å². The molecule has 5 rings (SSSR count). The van der Waals surface area contributed by atoms with Crippen LogP contribution >= 0.6 is 43.2 Å². The van der Waals surface area contributed by atoms with Crippen molar-refractivity contribution in [3.05, 3.63) is 94.0 Å². The number of ether oxygens (including phenoxy) is 4. The highest BCUT2D eigenvalue weighted by Crippen LogP contribution is 2.38. The van der Waals surface area contributed by atoms with Crippen LogP contribution in [0.4, 0.5) is 0 Å². The SMILES string of the molecule is C=CCOc1c(Br)cc(/C=c2\sc3n(c2=O)C(c2ccc4c(c2)OCO4)C(C(=O)OCC)=C(C)N=3)cc1Br. The van der Waals surface area contributed by atoms with Crippen LogP contribution in [0.5, 0.6) is 17.2 Å². The molecule has 0 radical (unpaired) electrons. The van der Waals surface area contributed by atoms with Crippen LogP contribution in [0, 0.1) is 0 Å². The molecule has 11 heteroatoms. The molecule has 0 aliphatic carbocycles. The summed E-state index contributed by atoms with van der Waals surface area (Å²) in [6.07, 6.45) is 3.45. The van der Waals surface area contributed by atoms with Gasteiger partial charge in [-0.3, -0.25) is 9.36 Å². The minimum Gasteiger partial charge on any atom is -0.487 e. The summed E-state index contributed by atoms with van der Waals surface area (Å²) < 4.78 is 25.5. The number of aromatic nitrogens is 1. The first-order valence-corrected chi connectivity index (χ1v) is 14.0. The highest BCUT2D eigenvalue weighted by atomic mass is 79.9. The molecule has 0 saturated carbocycles.